The molecule has 0 saturated heterocycles. The fraction of sp³-hybridized carbons (Fsp3) is 0.538. The number of fused-ring (bicyclic) bond motifs is 1. The van der Waals surface area contributed by atoms with Crippen molar-refractivity contribution in [3.63, 3.8) is 0 Å². The lowest BCUT2D eigenvalue weighted by atomic mass is 10.0. The number of nitrogens with zero attached hydrogens (tertiary/aromatic N) is 3. The molecule has 0 aliphatic carbocycles. The van der Waals surface area contributed by atoms with Crippen molar-refractivity contribution in [2.75, 3.05) is 5.32 Å². The summed E-state index contributed by atoms with van der Waals surface area (Å²) < 4.78 is 2.66. The maximum Gasteiger partial charge on any atom is 0.329 e. The number of aryl methyl sites for hydroxylation is 2. The zero-order chi connectivity index (χ0) is 16.6. The molecule has 0 bridgehead atoms. The fourth-order valence-electron chi connectivity index (χ4n) is 2.29. The molecule has 0 aliphatic heterocycles. The number of carboxylic acid groups (broad SMARTS) is 1. The first-order chi connectivity index (χ1) is 10.2. The van der Waals surface area contributed by atoms with Gasteiger partial charge in [-0.3, -0.25) is 14.3 Å². The first-order valence-electron chi connectivity index (χ1n) is 6.87. The molecule has 1 atom stereocenters. The van der Waals surface area contributed by atoms with E-state index in [-0.39, 0.29) is 23.0 Å². The molecule has 0 saturated carbocycles. The van der Waals surface area contributed by atoms with Crippen LogP contribution in [0.5, 0.6) is 0 Å². The van der Waals surface area contributed by atoms with Crippen LogP contribution in [-0.4, -0.2) is 36.2 Å². The van der Waals surface area contributed by atoms with Gasteiger partial charge in [0.1, 0.15) is 6.04 Å². The minimum absolute atomic E-state index is 0.177. The van der Waals surface area contributed by atoms with Gasteiger partial charge in [-0.05, 0) is 12.3 Å². The van der Waals surface area contributed by atoms with E-state index in [4.69, 9.17) is 0 Å². The van der Waals surface area contributed by atoms with Crippen molar-refractivity contribution in [3.8, 4) is 0 Å². The monoisotopic (exact) mass is 309 g/mol. The summed E-state index contributed by atoms with van der Waals surface area (Å²) >= 11 is 0. The predicted molar refractivity (Wildman–Crippen MR) is 81.1 cm³/mol. The Morgan fingerprint density at radius 3 is 2.50 bits per heavy atom. The van der Waals surface area contributed by atoms with Gasteiger partial charge in [-0.25, -0.2) is 9.59 Å². The summed E-state index contributed by atoms with van der Waals surface area (Å²) in [6.45, 7) is 3.84. The lowest BCUT2D eigenvalue weighted by Crippen LogP contribution is -2.32. The Balaban J connectivity index is 2.53. The van der Waals surface area contributed by atoms with E-state index in [0.29, 0.717) is 6.42 Å². The van der Waals surface area contributed by atoms with E-state index >= 15 is 0 Å². The van der Waals surface area contributed by atoms with Gasteiger partial charge in [0.15, 0.2) is 11.2 Å². The molecule has 9 nitrogen and oxygen atoms in total. The summed E-state index contributed by atoms with van der Waals surface area (Å²) in [5.74, 6) is -0.589. The van der Waals surface area contributed by atoms with Crippen LogP contribution in [0.3, 0.4) is 0 Å². The molecular formula is C13H19N5O4. The molecule has 120 valence electrons. The van der Waals surface area contributed by atoms with Crippen LogP contribution in [0.25, 0.3) is 11.2 Å². The average Bonchev–Trinajstić information content (AvgIpc) is 2.73. The summed E-state index contributed by atoms with van der Waals surface area (Å²) in [7, 11) is 3.08. The molecule has 0 aliphatic rings. The van der Waals surface area contributed by atoms with Crippen molar-refractivity contribution in [1.29, 1.82) is 0 Å². The number of nitrogens with one attached hydrogen (secondary N) is 2. The molecule has 22 heavy (non-hydrogen) atoms. The maximum absolute atomic E-state index is 11.9. The topological polar surface area (TPSA) is 122 Å². The molecule has 0 radical (unpaired) electrons. The summed E-state index contributed by atoms with van der Waals surface area (Å²) in [6.07, 6.45) is 0.411. The smallest absolute Gasteiger partial charge is 0.329 e. The number of imidazole rings is 1. The zero-order valence-corrected chi connectivity index (χ0v) is 12.9. The van der Waals surface area contributed by atoms with Crippen molar-refractivity contribution in [2.24, 2.45) is 20.0 Å². The van der Waals surface area contributed by atoms with Gasteiger partial charge in [0, 0.05) is 14.1 Å². The van der Waals surface area contributed by atoms with E-state index < -0.39 is 23.3 Å². The fourth-order valence-corrected chi connectivity index (χ4v) is 2.29. The van der Waals surface area contributed by atoms with E-state index in [2.05, 4.69) is 15.3 Å². The number of carbonyl (C=O) groups is 1. The van der Waals surface area contributed by atoms with Gasteiger partial charge in [-0.15, -0.1) is 0 Å². The molecule has 0 fully saturated rings. The van der Waals surface area contributed by atoms with Gasteiger partial charge in [-0.2, -0.15) is 4.98 Å². The van der Waals surface area contributed by atoms with Gasteiger partial charge < -0.3 is 15.0 Å². The Morgan fingerprint density at radius 2 is 1.95 bits per heavy atom. The second-order valence-electron chi connectivity index (χ2n) is 5.65. The lowest BCUT2D eigenvalue weighted by molar-refractivity contribution is -0.138. The summed E-state index contributed by atoms with van der Waals surface area (Å²) in [6, 6.07) is -0.827. The molecule has 2 aromatic heterocycles. The average molecular weight is 309 g/mol. The minimum atomic E-state index is -0.997. The molecule has 0 amide bonds. The number of anilines is 1. The van der Waals surface area contributed by atoms with E-state index in [1.165, 1.54) is 16.2 Å². The van der Waals surface area contributed by atoms with E-state index in [0.717, 1.165) is 0 Å². The van der Waals surface area contributed by atoms with E-state index in [9.17, 15) is 19.5 Å². The Bertz CT molecular complexity index is 829. The normalized spacial score (nSPS) is 12.8. The van der Waals surface area contributed by atoms with Gasteiger partial charge >= 0.3 is 11.7 Å². The van der Waals surface area contributed by atoms with Crippen LogP contribution in [0.15, 0.2) is 9.59 Å². The molecule has 2 heterocycles. The third kappa shape index (κ3) is 2.74. The van der Waals surface area contributed by atoms with Crippen molar-refractivity contribution >= 4 is 23.1 Å². The second kappa shape index (κ2) is 5.66. The highest BCUT2D eigenvalue weighted by Gasteiger charge is 2.22. The standard InChI is InChI=1S/C13H19N5O4/c1-6(2)5-7(11(20)21)14-12-15-9-8(17(12)3)10(19)16-13(22)18(9)4/h6-7H,5H2,1-4H3,(H,14,15)(H,20,21)(H,16,19,22)/t7-/m1/s1. The zero-order valence-electron chi connectivity index (χ0n) is 12.9. The largest absolute Gasteiger partial charge is 0.480 e. The van der Waals surface area contributed by atoms with Gasteiger partial charge in [0.2, 0.25) is 5.95 Å². The Morgan fingerprint density at radius 1 is 1.32 bits per heavy atom. The van der Waals surface area contributed by atoms with Crippen molar-refractivity contribution in [2.45, 2.75) is 26.3 Å². The summed E-state index contributed by atoms with van der Waals surface area (Å²) in [5.41, 5.74) is -0.721. The van der Waals surface area contributed by atoms with Gasteiger partial charge in [0.05, 0.1) is 0 Å². The predicted octanol–water partition coefficient (Wildman–Crippen LogP) is -0.128. The number of hydrogen-bond acceptors (Lipinski definition) is 5. The van der Waals surface area contributed by atoms with Crippen molar-refractivity contribution < 1.29 is 9.90 Å². The Labute approximate surface area is 125 Å². The number of rotatable bonds is 5. The SMILES string of the molecule is CC(C)C[C@@H](Nc1nc2c(c(=O)[nH]c(=O)n2C)n1C)C(=O)O. The van der Waals surface area contributed by atoms with Crippen LogP contribution in [-0.2, 0) is 18.9 Å². The number of aromatic amines is 1. The van der Waals surface area contributed by atoms with Gasteiger partial charge in [0.25, 0.3) is 5.56 Å². The van der Waals surface area contributed by atoms with Crippen molar-refractivity contribution in [3.05, 3.63) is 20.8 Å². The van der Waals surface area contributed by atoms with Crippen LogP contribution < -0.4 is 16.6 Å². The minimum Gasteiger partial charge on any atom is -0.480 e. The van der Waals surface area contributed by atoms with Crippen molar-refractivity contribution in [1.82, 2.24) is 19.1 Å². The highest BCUT2D eigenvalue weighted by molar-refractivity contribution is 5.79. The molecule has 0 spiro atoms. The molecule has 0 aromatic carbocycles. The van der Waals surface area contributed by atoms with Crippen LogP contribution in [0.1, 0.15) is 20.3 Å². The summed E-state index contributed by atoms with van der Waals surface area (Å²) in [5, 5.41) is 12.1. The molecular weight excluding hydrogens is 290 g/mol. The van der Waals surface area contributed by atoms with Crippen LogP contribution in [0, 0.1) is 5.92 Å². The first-order valence-corrected chi connectivity index (χ1v) is 6.87. The Kier molecular flexibility index (Phi) is 4.07. The molecule has 2 aromatic rings. The van der Waals surface area contributed by atoms with E-state index in [1.54, 1.807) is 7.05 Å². The third-order valence-corrected chi connectivity index (χ3v) is 3.44. The number of aromatic nitrogens is 4. The number of aliphatic carboxylic acids is 1. The molecule has 9 heteroatoms. The summed E-state index contributed by atoms with van der Waals surface area (Å²) in [4.78, 5) is 41.2. The third-order valence-electron chi connectivity index (χ3n) is 3.44. The molecule has 3 N–H and O–H groups in total. The highest BCUT2D eigenvalue weighted by atomic mass is 16.4. The first kappa shape index (κ1) is 15.8. The molecule has 0 unspecified atom stereocenters. The number of H-pyrrole nitrogens is 1. The second-order valence-corrected chi connectivity index (χ2v) is 5.65. The van der Waals surface area contributed by atoms with E-state index in [1.807, 2.05) is 13.8 Å². The quantitative estimate of drug-likeness (QED) is 0.707. The molecule has 2 rings (SSSR count). The Hall–Kier alpha value is -2.58. The van der Waals surface area contributed by atoms with Gasteiger partial charge in [-0.1, -0.05) is 13.8 Å². The van der Waals surface area contributed by atoms with Crippen LogP contribution >= 0.6 is 0 Å². The number of carboxylic acids is 1. The van der Waals surface area contributed by atoms with Crippen LogP contribution in [0.2, 0.25) is 0 Å². The maximum atomic E-state index is 11.9. The van der Waals surface area contributed by atoms with Crippen LogP contribution in [0.4, 0.5) is 5.95 Å². The highest BCUT2D eigenvalue weighted by Crippen LogP contribution is 2.16. The number of hydrogen-bond donors (Lipinski definition) is 3. The lowest BCUT2D eigenvalue weighted by Gasteiger charge is -2.16.